The highest BCUT2D eigenvalue weighted by molar-refractivity contribution is 14.0. The van der Waals surface area contributed by atoms with Gasteiger partial charge in [0.2, 0.25) is 5.91 Å². The Bertz CT molecular complexity index is 810. The molecule has 0 fully saturated rings. The summed E-state index contributed by atoms with van der Waals surface area (Å²) in [4.78, 5) is 26.7. The number of carbonyl (C=O) groups is 2. The minimum Gasteiger partial charge on any atom is -0.368 e. The predicted octanol–water partition coefficient (Wildman–Crippen LogP) is 1.52. The topological polar surface area (TPSA) is 109 Å². The molecule has 150 valence electrons. The van der Waals surface area contributed by atoms with Crippen LogP contribution in [0.15, 0.2) is 53.5 Å². The van der Waals surface area contributed by atoms with Gasteiger partial charge in [0.05, 0.1) is 6.54 Å². The molecule has 0 radical (unpaired) electrons. The van der Waals surface area contributed by atoms with Crippen LogP contribution in [0, 0.1) is 5.82 Å². The zero-order chi connectivity index (χ0) is 19.6. The van der Waals surface area contributed by atoms with Gasteiger partial charge in [-0.1, -0.05) is 24.3 Å². The van der Waals surface area contributed by atoms with Gasteiger partial charge in [-0.3, -0.25) is 14.6 Å². The van der Waals surface area contributed by atoms with Crippen LogP contribution in [0.5, 0.6) is 0 Å². The van der Waals surface area contributed by atoms with Crippen molar-refractivity contribution < 1.29 is 14.0 Å². The molecule has 5 N–H and O–H groups in total. The molecule has 0 aliphatic rings. The highest BCUT2D eigenvalue weighted by atomic mass is 127. The van der Waals surface area contributed by atoms with Crippen molar-refractivity contribution in [2.24, 2.45) is 10.7 Å². The normalized spacial score (nSPS) is 10.6. The maximum absolute atomic E-state index is 12.9. The zero-order valence-electron chi connectivity index (χ0n) is 15.4. The third-order valence-corrected chi connectivity index (χ3v) is 3.70. The molecular weight excluding hydrogens is 476 g/mol. The van der Waals surface area contributed by atoms with Gasteiger partial charge in [-0.2, -0.15) is 0 Å². The number of primary amides is 1. The summed E-state index contributed by atoms with van der Waals surface area (Å²) in [6.07, 6.45) is 0. The van der Waals surface area contributed by atoms with Crippen LogP contribution < -0.4 is 21.7 Å². The first kappa shape index (κ1) is 23.3. The van der Waals surface area contributed by atoms with Crippen molar-refractivity contribution in [1.29, 1.82) is 0 Å². The molecule has 2 aromatic rings. The molecule has 0 saturated carbocycles. The Balaban J connectivity index is 0.00000392. The minimum atomic E-state index is -0.594. The van der Waals surface area contributed by atoms with Crippen molar-refractivity contribution in [3.8, 4) is 0 Å². The molecular formula is C19H23FIN5O2. The average molecular weight is 499 g/mol. The Hall–Kier alpha value is -2.69. The molecule has 9 heteroatoms. The molecule has 0 unspecified atom stereocenters. The average Bonchev–Trinajstić information content (AvgIpc) is 2.68. The lowest BCUT2D eigenvalue weighted by Crippen LogP contribution is -2.36. The van der Waals surface area contributed by atoms with Crippen LogP contribution in [0.2, 0.25) is 0 Å². The van der Waals surface area contributed by atoms with E-state index in [1.54, 1.807) is 43.4 Å². The number of hydrogen-bond donors (Lipinski definition) is 4. The van der Waals surface area contributed by atoms with Gasteiger partial charge in [-0.25, -0.2) is 4.39 Å². The van der Waals surface area contributed by atoms with Crippen molar-refractivity contribution in [2.75, 3.05) is 13.6 Å². The number of amides is 2. The molecule has 2 amide bonds. The second kappa shape index (κ2) is 11.9. The molecule has 2 rings (SSSR count). The Morgan fingerprint density at radius 1 is 0.929 bits per heavy atom. The third-order valence-electron chi connectivity index (χ3n) is 3.70. The number of nitrogens with zero attached hydrogens (tertiary/aromatic N) is 1. The molecule has 0 atom stereocenters. The maximum atomic E-state index is 12.9. The van der Waals surface area contributed by atoms with Gasteiger partial charge in [0, 0.05) is 25.7 Å². The van der Waals surface area contributed by atoms with Gasteiger partial charge in [-0.05, 0) is 35.4 Å². The first-order valence-electron chi connectivity index (χ1n) is 8.32. The quantitative estimate of drug-likeness (QED) is 0.263. The lowest BCUT2D eigenvalue weighted by Gasteiger charge is -2.12. The fourth-order valence-electron chi connectivity index (χ4n) is 2.24. The van der Waals surface area contributed by atoms with Gasteiger partial charge in [0.1, 0.15) is 5.82 Å². The molecule has 0 aliphatic heterocycles. The Kier molecular flexibility index (Phi) is 9.93. The lowest BCUT2D eigenvalue weighted by molar-refractivity contribution is -0.117. The van der Waals surface area contributed by atoms with Crippen LogP contribution in [0.1, 0.15) is 21.5 Å². The number of guanidine groups is 1. The lowest BCUT2D eigenvalue weighted by atomic mass is 10.1. The second-order valence-electron chi connectivity index (χ2n) is 5.75. The molecule has 0 saturated heterocycles. The van der Waals surface area contributed by atoms with E-state index in [2.05, 4.69) is 20.9 Å². The van der Waals surface area contributed by atoms with Gasteiger partial charge >= 0.3 is 0 Å². The third kappa shape index (κ3) is 7.91. The van der Waals surface area contributed by atoms with Crippen molar-refractivity contribution in [1.82, 2.24) is 16.0 Å². The maximum Gasteiger partial charge on any atom is 0.251 e. The van der Waals surface area contributed by atoms with E-state index in [-0.39, 0.29) is 42.2 Å². The highest BCUT2D eigenvalue weighted by Crippen LogP contribution is 2.05. The zero-order valence-corrected chi connectivity index (χ0v) is 17.7. The van der Waals surface area contributed by atoms with Crippen molar-refractivity contribution in [3.05, 3.63) is 71.0 Å². The van der Waals surface area contributed by atoms with E-state index in [1.807, 2.05) is 0 Å². The summed E-state index contributed by atoms with van der Waals surface area (Å²) in [5, 5.41) is 8.73. The van der Waals surface area contributed by atoms with Gasteiger partial charge in [-0.15, -0.1) is 24.0 Å². The van der Waals surface area contributed by atoms with Crippen molar-refractivity contribution in [2.45, 2.75) is 13.1 Å². The number of hydrogen-bond acceptors (Lipinski definition) is 3. The SMILES string of the molecule is CN=C(NCc1ccc(F)cc1)NCc1ccc(C(=O)NCC(N)=O)cc1.I. The molecule has 0 heterocycles. The molecule has 0 aromatic heterocycles. The molecule has 0 spiro atoms. The number of carbonyl (C=O) groups excluding carboxylic acids is 2. The summed E-state index contributed by atoms with van der Waals surface area (Å²) in [6, 6.07) is 13.2. The number of nitrogens with one attached hydrogen (secondary N) is 3. The summed E-state index contributed by atoms with van der Waals surface area (Å²) in [5.41, 5.74) is 7.33. The fourth-order valence-corrected chi connectivity index (χ4v) is 2.24. The number of aliphatic imine (C=N–C) groups is 1. The van der Waals surface area contributed by atoms with Crippen LogP contribution in [0.3, 0.4) is 0 Å². The van der Waals surface area contributed by atoms with Crippen molar-refractivity contribution in [3.63, 3.8) is 0 Å². The Labute approximate surface area is 180 Å². The van der Waals surface area contributed by atoms with E-state index < -0.39 is 5.91 Å². The second-order valence-corrected chi connectivity index (χ2v) is 5.75. The minimum absolute atomic E-state index is 0. The van der Waals surface area contributed by atoms with Crippen LogP contribution >= 0.6 is 24.0 Å². The number of halogens is 2. The predicted molar refractivity (Wildman–Crippen MR) is 117 cm³/mol. The van der Waals surface area contributed by atoms with Gasteiger partial charge in [0.15, 0.2) is 5.96 Å². The molecule has 0 bridgehead atoms. The molecule has 7 nitrogen and oxygen atoms in total. The first-order valence-corrected chi connectivity index (χ1v) is 8.32. The van der Waals surface area contributed by atoms with Crippen LogP contribution in [0.4, 0.5) is 4.39 Å². The van der Waals surface area contributed by atoms with E-state index in [0.717, 1.165) is 11.1 Å². The largest absolute Gasteiger partial charge is 0.368 e. The Morgan fingerprint density at radius 2 is 1.43 bits per heavy atom. The Morgan fingerprint density at radius 3 is 1.89 bits per heavy atom. The van der Waals surface area contributed by atoms with Gasteiger partial charge in [0.25, 0.3) is 5.91 Å². The number of nitrogens with two attached hydrogens (primary N) is 1. The van der Waals surface area contributed by atoms with Crippen LogP contribution in [-0.4, -0.2) is 31.4 Å². The van der Waals surface area contributed by atoms with Crippen LogP contribution in [0.25, 0.3) is 0 Å². The van der Waals surface area contributed by atoms with Gasteiger partial charge < -0.3 is 21.7 Å². The summed E-state index contributed by atoms with van der Waals surface area (Å²) in [6.45, 7) is 0.823. The standard InChI is InChI=1S/C19H22FN5O2.HI/c1-22-19(25-11-14-4-8-16(20)9-5-14)24-10-13-2-6-15(7-3-13)18(27)23-12-17(21)26;/h2-9H,10-12H2,1H3,(H2,21,26)(H,23,27)(H2,22,24,25);1H. The van der Waals surface area contributed by atoms with Crippen LogP contribution in [-0.2, 0) is 17.9 Å². The summed E-state index contributed by atoms with van der Waals surface area (Å²) < 4.78 is 12.9. The summed E-state index contributed by atoms with van der Waals surface area (Å²) in [7, 11) is 1.66. The van der Waals surface area contributed by atoms with E-state index in [4.69, 9.17) is 5.73 Å². The monoisotopic (exact) mass is 499 g/mol. The van der Waals surface area contributed by atoms with Crippen molar-refractivity contribution >= 4 is 41.8 Å². The van der Waals surface area contributed by atoms with E-state index >= 15 is 0 Å². The number of rotatable bonds is 7. The highest BCUT2D eigenvalue weighted by Gasteiger charge is 2.06. The summed E-state index contributed by atoms with van der Waals surface area (Å²) >= 11 is 0. The summed E-state index contributed by atoms with van der Waals surface area (Å²) in [5.74, 6) is -0.621. The smallest absolute Gasteiger partial charge is 0.251 e. The first-order chi connectivity index (χ1) is 13.0. The fraction of sp³-hybridized carbons (Fsp3) is 0.211. The van der Waals surface area contributed by atoms with E-state index in [9.17, 15) is 14.0 Å². The van der Waals surface area contributed by atoms with E-state index in [1.165, 1.54) is 12.1 Å². The van der Waals surface area contributed by atoms with E-state index in [0.29, 0.717) is 24.6 Å². The molecule has 28 heavy (non-hydrogen) atoms. The number of benzene rings is 2. The molecule has 2 aromatic carbocycles. The molecule has 0 aliphatic carbocycles.